The molecule has 9 nitrogen and oxygen atoms in total. The van der Waals surface area contributed by atoms with E-state index in [0.29, 0.717) is 34.0 Å². The van der Waals surface area contributed by atoms with E-state index >= 15 is 0 Å². The molecule has 0 radical (unpaired) electrons. The minimum Gasteiger partial charge on any atom is -0.545 e. The molecule has 9 heteroatoms. The summed E-state index contributed by atoms with van der Waals surface area (Å²) in [5.41, 5.74) is 1.72. The smallest absolute Gasteiger partial charge is 0.344 e. The number of hydrogen-bond donors (Lipinski definition) is 0. The van der Waals surface area contributed by atoms with Gasteiger partial charge in [0.25, 0.3) is 5.91 Å². The summed E-state index contributed by atoms with van der Waals surface area (Å²) in [5.74, 6) is -1.51. The van der Waals surface area contributed by atoms with Gasteiger partial charge in [-0.2, -0.15) is 10.1 Å². The zero-order valence-corrected chi connectivity index (χ0v) is 17.8. The average molecular weight is 437 g/mol. The highest BCUT2D eigenvalue weighted by molar-refractivity contribution is 6.32. The normalized spacial score (nSPS) is 14.3. The Labute approximate surface area is 184 Å². The number of esters is 1. The molecule has 1 aliphatic rings. The van der Waals surface area contributed by atoms with Crippen molar-refractivity contribution in [2.24, 2.45) is 5.10 Å². The van der Waals surface area contributed by atoms with Gasteiger partial charge in [-0.25, -0.2) is 4.79 Å². The Bertz CT molecular complexity index is 1120. The lowest BCUT2D eigenvalue weighted by molar-refractivity contribution is -0.255. The van der Waals surface area contributed by atoms with Gasteiger partial charge in [0.05, 0.1) is 36.7 Å². The van der Waals surface area contributed by atoms with Crippen LogP contribution in [0, 0.1) is 0 Å². The lowest BCUT2D eigenvalue weighted by Crippen LogP contribution is -2.24. The van der Waals surface area contributed by atoms with Crippen molar-refractivity contribution >= 4 is 35.3 Å². The number of benzene rings is 2. The highest BCUT2D eigenvalue weighted by Crippen LogP contribution is 2.31. The van der Waals surface area contributed by atoms with Gasteiger partial charge in [-0.15, -0.1) is 0 Å². The maximum Gasteiger partial charge on any atom is 0.344 e. The van der Waals surface area contributed by atoms with Crippen LogP contribution in [0.4, 0.5) is 5.69 Å². The van der Waals surface area contributed by atoms with E-state index in [1.54, 1.807) is 44.2 Å². The van der Waals surface area contributed by atoms with Crippen LogP contribution in [0.1, 0.15) is 29.8 Å². The molecule has 0 N–H and O–H groups in total. The number of rotatable bonds is 8. The van der Waals surface area contributed by atoms with Gasteiger partial charge in [0, 0.05) is 0 Å². The number of amides is 1. The molecule has 0 unspecified atom stereocenters. The number of carboxylic acid groups (broad SMARTS) is 1. The number of carbonyl (C=O) groups is 3. The van der Waals surface area contributed by atoms with Gasteiger partial charge < -0.3 is 24.1 Å². The minimum absolute atomic E-state index is 0.0521. The topological polar surface area (TPSA) is 118 Å². The van der Waals surface area contributed by atoms with E-state index in [1.165, 1.54) is 25.3 Å². The van der Waals surface area contributed by atoms with E-state index in [0.717, 1.165) is 5.01 Å². The number of anilines is 1. The first-order chi connectivity index (χ1) is 15.3. The lowest BCUT2D eigenvalue weighted by Gasteiger charge is -2.13. The molecule has 0 fully saturated rings. The fourth-order valence-corrected chi connectivity index (χ4v) is 3.02. The van der Waals surface area contributed by atoms with Gasteiger partial charge >= 0.3 is 5.97 Å². The summed E-state index contributed by atoms with van der Waals surface area (Å²) in [6.07, 6.45) is 1.64. The fourth-order valence-electron chi connectivity index (χ4n) is 3.02. The summed E-state index contributed by atoms with van der Waals surface area (Å²) in [7, 11) is 1.46. The van der Waals surface area contributed by atoms with Gasteiger partial charge in [-0.3, -0.25) is 4.79 Å². The van der Waals surface area contributed by atoms with Crippen molar-refractivity contribution in [2.75, 3.05) is 25.3 Å². The van der Waals surface area contributed by atoms with E-state index in [2.05, 4.69) is 5.10 Å². The molecular weight excluding hydrogens is 416 g/mol. The number of aromatic carboxylic acids is 1. The first kappa shape index (κ1) is 22.5. The molecule has 2 aromatic rings. The van der Waals surface area contributed by atoms with Gasteiger partial charge in [-0.1, -0.05) is 18.2 Å². The largest absolute Gasteiger partial charge is 0.545 e. The van der Waals surface area contributed by atoms with Crippen LogP contribution in [-0.4, -0.2) is 43.9 Å². The van der Waals surface area contributed by atoms with Crippen molar-refractivity contribution < 1.29 is 33.7 Å². The second kappa shape index (κ2) is 9.78. The quantitative estimate of drug-likeness (QED) is 0.457. The molecule has 0 bridgehead atoms. The van der Waals surface area contributed by atoms with Crippen LogP contribution in [-0.2, 0) is 14.3 Å². The molecule has 1 amide bonds. The van der Waals surface area contributed by atoms with Crippen LogP contribution in [0.15, 0.2) is 53.1 Å². The van der Waals surface area contributed by atoms with Crippen molar-refractivity contribution in [3.63, 3.8) is 0 Å². The number of methoxy groups -OCH3 is 1. The minimum atomic E-state index is -1.34. The number of hydrazone groups is 1. The molecule has 0 atom stereocenters. The first-order valence-electron chi connectivity index (χ1n) is 9.73. The molecule has 3 rings (SSSR count). The Balaban J connectivity index is 1.83. The molecule has 2 aromatic carbocycles. The Hall–Kier alpha value is -4.14. The molecule has 1 heterocycles. The molecule has 0 saturated carbocycles. The van der Waals surface area contributed by atoms with E-state index in [9.17, 15) is 19.5 Å². The molecule has 1 aliphatic heterocycles. The fraction of sp³-hybridized carbons (Fsp3) is 0.217. The first-order valence-corrected chi connectivity index (χ1v) is 9.73. The Morgan fingerprint density at radius 1 is 1.16 bits per heavy atom. The van der Waals surface area contributed by atoms with Crippen molar-refractivity contribution in [1.29, 1.82) is 0 Å². The standard InChI is InChI=1S/C23H22N2O7/c1-4-31-21(26)13-32-19-9-8-15(11-20(19)30-3)10-18-14(2)24-25(22(18)27)17-7-5-6-16(12-17)23(28)29/h5-12H,4,13H2,1-3H3,(H,28,29)/p-1/b18-10+. The third-order valence-corrected chi connectivity index (χ3v) is 4.54. The summed E-state index contributed by atoms with van der Waals surface area (Å²) < 4.78 is 15.6. The Morgan fingerprint density at radius 3 is 2.62 bits per heavy atom. The second-order valence-corrected chi connectivity index (χ2v) is 6.70. The van der Waals surface area contributed by atoms with Gasteiger partial charge in [0.2, 0.25) is 0 Å². The predicted molar refractivity (Wildman–Crippen MR) is 114 cm³/mol. The summed E-state index contributed by atoms with van der Waals surface area (Å²) in [5, 5.41) is 16.5. The number of ether oxygens (including phenoxy) is 3. The van der Waals surface area contributed by atoms with E-state index < -0.39 is 17.8 Å². The van der Waals surface area contributed by atoms with Gasteiger partial charge in [0.15, 0.2) is 18.1 Å². The van der Waals surface area contributed by atoms with Crippen molar-refractivity contribution in [3.8, 4) is 11.5 Å². The Kier molecular flexibility index (Phi) is 6.89. The van der Waals surface area contributed by atoms with Crippen molar-refractivity contribution in [3.05, 3.63) is 59.2 Å². The molecule has 0 aromatic heterocycles. The van der Waals surface area contributed by atoms with Crippen LogP contribution < -0.4 is 19.6 Å². The van der Waals surface area contributed by atoms with E-state index in [-0.39, 0.29) is 18.8 Å². The molecule has 32 heavy (non-hydrogen) atoms. The van der Waals surface area contributed by atoms with Crippen LogP contribution in [0.25, 0.3) is 6.08 Å². The third kappa shape index (κ3) is 4.94. The predicted octanol–water partition coefficient (Wildman–Crippen LogP) is 1.81. The highest BCUT2D eigenvalue weighted by Gasteiger charge is 2.29. The average Bonchev–Trinajstić information content (AvgIpc) is 3.06. The maximum absolute atomic E-state index is 12.9. The second-order valence-electron chi connectivity index (χ2n) is 6.70. The molecule has 166 valence electrons. The molecular formula is C23H21N2O7-. The third-order valence-electron chi connectivity index (χ3n) is 4.54. The summed E-state index contributed by atoms with van der Waals surface area (Å²) >= 11 is 0. The highest BCUT2D eigenvalue weighted by atomic mass is 16.6. The van der Waals surface area contributed by atoms with Crippen LogP contribution in [0.2, 0.25) is 0 Å². The SMILES string of the molecule is CCOC(=O)COc1ccc(/C=C2/C(=O)N(c3cccc(C(=O)[O-])c3)N=C2C)cc1OC. The summed E-state index contributed by atoms with van der Waals surface area (Å²) in [6, 6.07) is 10.8. The van der Waals surface area contributed by atoms with Crippen LogP contribution in [0.5, 0.6) is 11.5 Å². The number of carbonyl (C=O) groups excluding carboxylic acids is 3. The summed E-state index contributed by atoms with van der Waals surface area (Å²) in [6.45, 7) is 3.39. The number of hydrogen-bond acceptors (Lipinski definition) is 8. The molecule has 0 spiro atoms. The van der Waals surface area contributed by atoms with Gasteiger partial charge in [0.1, 0.15) is 0 Å². The lowest BCUT2D eigenvalue weighted by atomic mass is 10.1. The number of carboxylic acids is 1. The van der Waals surface area contributed by atoms with Crippen molar-refractivity contribution in [1.82, 2.24) is 0 Å². The molecule has 0 saturated heterocycles. The molecule has 0 aliphatic carbocycles. The van der Waals surface area contributed by atoms with E-state index in [1.807, 2.05) is 0 Å². The summed E-state index contributed by atoms with van der Waals surface area (Å²) in [4.78, 5) is 35.6. The Morgan fingerprint density at radius 2 is 1.94 bits per heavy atom. The monoisotopic (exact) mass is 437 g/mol. The zero-order chi connectivity index (χ0) is 23.3. The zero-order valence-electron chi connectivity index (χ0n) is 17.8. The van der Waals surface area contributed by atoms with E-state index in [4.69, 9.17) is 14.2 Å². The maximum atomic E-state index is 12.9. The van der Waals surface area contributed by atoms with Gasteiger partial charge in [-0.05, 0) is 55.3 Å². The van der Waals surface area contributed by atoms with Crippen molar-refractivity contribution in [2.45, 2.75) is 13.8 Å². The van der Waals surface area contributed by atoms with Crippen LogP contribution in [0.3, 0.4) is 0 Å². The van der Waals surface area contributed by atoms with Crippen LogP contribution >= 0.6 is 0 Å². The number of nitrogens with zero attached hydrogens (tertiary/aromatic N) is 2.